The number of carbonyl (C=O) groups excluding carboxylic acids is 2. The van der Waals surface area contributed by atoms with Crippen LogP contribution in [0.25, 0.3) is 0 Å². The largest absolute Gasteiger partial charge is 0.394 e. The van der Waals surface area contributed by atoms with Gasteiger partial charge in [-0.1, -0.05) is 6.92 Å². The third-order valence-corrected chi connectivity index (χ3v) is 15.1. The molecule has 0 aromatic heterocycles. The molecule has 4 rings (SSSR count). The lowest BCUT2D eigenvalue weighted by molar-refractivity contribution is -0.289. The minimum absolute atomic E-state index is 0.108. The van der Waals surface area contributed by atoms with Gasteiger partial charge in [-0.3, -0.25) is 9.59 Å². The lowest BCUT2D eigenvalue weighted by atomic mass is 9.98. The van der Waals surface area contributed by atoms with Gasteiger partial charge < -0.3 is 76.4 Å². The van der Waals surface area contributed by atoms with Crippen molar-refractivity contribution in [3.8, 4) is 0 Å². The molecule has 4 aliphatic rings. The molecule has 4 saturated heterocycles. The highest BCUT2D eigenvalue weighted by atomic mass is 32.2. The van der Waals surface area contributed by atoms with Gasteiger partial charge in [0.25, 0.3) is 0 Å². The Labute approximate surface area is 367 Å². The molecule has 0 aliphatic carbocycles. The Balaban J connectivity index is 0.000000339. The summed E-state index contributed by atoms with van der Waals surface area (Å²) in [4.78, 5) is 21.6. The summed E-state index contributed by atoms with van der Waals surface area (Å²) in [5, 5.41) is 64.0. The quantitative estimate of drug-likeness (QED) is 0.0710. The van der Waals surface area contributed by atoms with Crippen molar-refractivity contribution in [1.82, 2.24) is 10.6 Å². The average Bonchev–Trinajstić information content (AvgIpc) is 3.22. The number of thioether (sulfide) groups is 4. The van der Waals surface area contributed by atoms with Crippen molar-refractivity contribution in [1.29, 1.82) is 0 Å². The van der Waals surface area contributed by atoms with Crippen LogP contribution in [0, 0.1) is 5.92 Å². The van der Waals surface area contributed by atoms with E-state index in [2.05, 4.69) is 17.6 Å². The minimum atomic E-state index is -1.23. The zero-order chi connectivity index (χ0) is 43.7. The summed E-state index contributed by atoms with van der Waals surface area (Å²) in [6.07, 6.45) is -0.966. The molecule has 59 heavy (non-hydrogen) atoms. The Morgan fingerprint density at radius 3 is 1.59 bits per heavy atom. The van der Waals surface area contributed by atoms with E-state index in [0.29, 0.717) is 43.2 Å². The SMILES string of the molecule is CC(=O)NCCSC1C(CO)OC(C)C(O)C1O.CC(=O)NCCSC1C(CO)OC(OC2CCC(SCCCN)OC2)C(O)C1O.CC1CCC(SCCCN)OC1. The molecule has 14 unspecified atom stereocenters. The molecule has 17 nitrogen and oxygen atoms in total. The fourth-order valence-electron chi connectivity index (χ4n) is 6.41. The monoisotopic (exact) mass is 922 g/mol. The molecular weight excluding hydrogens is 849 g/mol. The van der Waals surface area contributed by atoms with Crippen LogP contribution < -0.4 is 22.1 Å². The van der Waals surface area contributed by atoms with Gasteiger partial charge in [-0.2, -0.15) is 23.5 Å². The normalized spacial score (nSPS) is 34.7. The van der Waals surface area contributed by atoms with Gasteiger partial charge >= 0.3 is 0 Å². The second-order valence-corrected chi connectivity index (χ2v) is 20.1. The first-order chi connectivity index (χ1) is 28.3. The number of nitrogens with two attached hydrogens (primary N) is 2. The molecule has 4 fully saturated rings. The summed E-state index contributed by atoms with van der Waals surface area (Å²) in [6.45, 7) is 9.99. The van der Waals surface area contributed by atoms with E-state index in [1.54, 1.807) is 18.7 Å². The summed E-state index contributed by atoms with van der Waals surface area (Å²) >= 11 is 6.38. The van der Waals surface area contributed by atoms with E-state index in [9.17, 15) is 40.2 Å². The Bertz CT molecular complexity index is 1110. The molecule has 0 aromatic rings. The lowest BCUT2D eigenvalue weighted by Gasteiger charge is -2.43. The Morgan fingerprint density at radius 1 is 0.661 bits per heavy atom. The van der Waals surface area contributed by atoms with Crippen molar-refractivity contribution in [2.75, 3.05) is 75.6 Å². The van der Waals surface area contributed by atoms with Crippen LogP contribution in [0.4, 0.5) is 0 Å². The molecular formula is C38H74N4O13S4. The molecule has 0 radical (unpaired) electrons. The van der Waals surface area contributed by atoms with E-state index >= 15 is 0 Å². The van der Waals surface area contributed by atoms with Crippen LogP contribution in [0.3, 0.4) is 0 Å². The van der Waals surface area contributed by atoms with Crippen LogP contribution in [0.5, 0.6) is 0 Å². The molecule has 0 aromatic carbocycles. The van der Waals surface area contributed by atoms with Crippen molar-refractivity contribution in [3.63, 3.8) is 0 Å². The van der Waals surface area contributed by atoms with Crippen LogP contribution in [0.2, 0.25) is 0 Å². The highest BCUT2D eigenvalue weighted by Crippen LogP contribution is 2.33. The zero-order valence-corrected chi connectivity index (χ0v) is 38.4. The molecule has 12 N–H and O–H groups in total. The van der Waals surface area contributed by atoms with Gasteiger partial charge in [0.05, 0.1) is 73.6 Å². The van der Waals surface area contributed by atoms with Gasteiger partial charge in [0.1, 0.15) is 23.1 Å². The number of hydrogen-bond donors (Lipinski definition) is 10. The third kappa shape index (κ3) is 21.4. The molecule has 4 heterocycles. The highest BCUT2D eigenvalue weighted by molar-refractivity contribution is 8.00. The van der Waals surface area contributed by atoms with Gasteiger partial charge in [0.15, 0.2) is 6.29 Å². The number of carbonyl (C=O) groups is 2. The maximum absolute atomic E-state index is 10.9. The number of rotatable bonds is 20. The Morgan fingerprint density at radius 2 is 1.15 bits per heavy atom. The minimum Gasteiger partial charge on any atom is -0.394 e. The van der Waals surface area contributed by atoms with Crippen molar-refractivity contribution in [2.45, 2.75) is 143 Å². The second-order valence-electron chi connectivity index (χ2n) is 15.0. The molecule has 14 atom stereocenters. The highest BCUT2D eigenvalue weighted by Gasteiger charge is 2.46. The van der Waals surface area contributed by atoms with Gasteiger partial charge in [0, 0.05) is 38.4 Å². The van der Waals surface area contributed by atoms with E-state index in [4.69, 9.17) is 35.2 Å². The Kier molecular flexibility index (Phi) is 29.5. The van der Waals surface area contributed by atoms with Crippen LogP contribution >= 0.6 is 47.0 Å². The first kappa shape index (κ1) is 55.0. The van der Waals surface area contributed by atoms with Crippen LogP contribution in [0.1, 0.15) is 66.2 Å². The molecule has 0 bridgehead atoms. The molecule has 0 spiro atoms. The molecule has 4 aliphatic heterocycles. The van der Waals surface area contributed by atoms with E-state index in [1.165, 1.54) is 50.2 Å². The number of amides is 2. The second kappa shape index (κ2) is 31.6. The number of nitrogens with one attached hydrogen (secondary N) is 2. The summed E-state index contributed by atoms with van der Waals surface area (Å²) in [5.74, 6) is 3.74. The molecule has 2 amide bonds. The summed E-state index contributed by atoms with van der Waals surface area (Å²) in [7, 11) is 0. The standard InChI is InChI=1S/C18H34N2O7S2.C11H21NO5S.C9H19NOS/c1-11(22)20-6-8-29-17-13(9-21)27-18(16(24)15(17)23)26-12-3-4-14(25-10-12)28-7-2-5-19;1-6-9(15)10(16)11(8(5-13)17-6)18-4-3-12-7(2)14;1-8-3-4-9(11-7-8)12-6-2-5-10/h12-18,21,23-24H,2-10,19H2,1H3,(H,20,22);6,8-11,13,15-16H,3-5H2,1-2H3,(H,12,14);8-9H,2-7,10H2,1H3. The predicted octanol–water partition coefficient (Wildman–Crippen LogP) is -0.166. The summed E-state index contributed by atoms with van der Waals surface area (Å²) in [5.41, 5.74) is 11.5. The van der Waals surface area contributed by atoms with Crippen molar-refractivity contribution in [3.05, 3.63) is 0 Å². The van der Waals surface area contributed by atoms with Gasteiger partial charge in [-0.25, -0.2) is 0 Å². The van der Waals surface area contributed by atoms with Crippen LogP contribution in [0.15, 0.2) is 0 Å². The van der Waals surface area contributed by atoms with E-state index in [0.717, 1.165) is 56.3 Å². The number of aliphatic hydroxyl groups excluding tert-OH is 6. The molecule has 0 saturated carbocycles. The van der Waals surface area contributed by atoms with E-state index < -0.39 is 59.5 Å². The summed E-state index contributed by atoms with van der Waals surface area (Å²) in [6, 6.07) is 0. The Hall–Kier alpha value is -0.180. The topological polar surface area (TPSA) is 278 Å². The van der Waals surface area contributed by atoms with Crippen molar-refractivity contribution >= 4 is 58.9 Å². The fraction of sp³-hybridized carbons (Fsp3) is 0.947. The molecule has 21 heteroatoms. The van der Waals surface area contributed by atoms with Crippen molar-refractivity contribution < 1.29 is 63.9 Å². The van der Waals surface area contributed by atoms with Gasteiger partial charge in [-0.05, 0) is 76.0 Å². The number of aliphatic hydroxyl groups is 6. The van der Waals surface area contributed by atoms with E-state index in [1.807, 2.05) is 11.8 Å². The fourth-order valence-corrected chi connectivity index (χ4v) is 11.0. The number of ether oxygens (including phenoxy) is 5. The van der Waals surface area contributed by atoms with Gasteiger partial charge in [0.2, 0.25) is 11.8 Å². The molecule has 348 valence electrons. The van der Waals surface area contributed by atoms with E-state index in [-0.39, 0.29) is 36.6 Å². The van der Waals surface area contributed by atoms with Gasteiger partial charge in [-0.15, -0.1) is 23.5 Å². The summed E-state index contributed by atoms with van der Waals surface area (Å²) < 4.78 is 28.5. The third-order valence-electron chi connectivity index (χ3n) is 9.78. The average molecular weight is 923 g/mol. The predicted molar refractivity (Wildman–Crippen MR) is 235 cm³/mol. The van der Waals surface area contributed by atoms with Crippen LogP contribution in [-0.2, 0) is 33.3 Å². The smallest absolute Gasteiger partial charge is 0.216 e. The first-order valence-corrected chi connectivity index (χ1v) is 24.9. The van der Waals surface area contributed by atoms with Crippen LogP contribution in [-0.4, -0.2) is 195 Å². The van der Waals surface area contributed by atoms with Crippen molar-refractivity contribution in [2.24, 2.45) is 17.4 Å². The lowest BCUT2D eigenvalue weighted by Crippen LogP contribution is -2.59. The maximum Gasteiger partial charge on any atom is 0.216 e. The number of hydrogen-bond acceptors (Lipinski definition) is 19. The zero-order valence-electron chi connectivity index (χ0n) is 35.1. The maximum atomic E-state index is 10.9. The first-order valence-electron chi connectivity index (χ1n) is 20.7.